The van der Waals surface area contributed by atoms with E-state index in [1.54, 1.807) is 0 Å². The second-order valence-electron chi connectivity index (χ2n) is 7.06. The number of ketones is 1. The van der Waals surface area contributed by atoms with E-state index in [0.29, 0.717) is 0 Å². The summed E-state index contributed by atoms with van der Waals surface area (Å²) in [6.45, 7) is 2.91. The van der Waals surface area contributed by atoms with Crippen LogP contribution in [0.5, 0.6) is 0 Å². The first-order chi connectivity index (χ1) is 14.7. The average Bonchev–Trinajstić information content (AvgIpc) is 3.03. The molecule has 0 aliphatic carbocycles. The summed E-state index contributed by atoms with van der Waals surface area (Å²) in [6, 6.07) is 9.10. The van der Waals surface area contributed by atoms with E-state index in [9.17, 15) is 19.2 Å². The van der Waals surface area contributed by atoms with Crippen molar-refractivity contribution < 1.29 is 38.1 Å². The Kier molecular flexibility index (Phi) is 6.05. The molecule has 1 aromatic carbocycles. The van der Waals surface area contributed by atoms with Gasteiger partial charge in [-0.25, -0.2) is 14.6 Å². The summed E-state index contributed by atoms with van der Waals surface area (Å²) in [5.74, 6) is -5.09. The van der Waals surface area contributed by atoms with Crippen LogP contribution in [0.15, 0.2) is 58.3 Å². The van der Waals surface area contributed by atoms with Crippen molar-refractivity contribution in [1.82, 2.24) is 0 Å². The molecule has 0 spiro atoms. The van der Waals surface area contributed by atoms with Crippen molar-refractivity contribution in [3.05, 3.63) is 58.9 Å². The number of esters is 3. The van der Waals surface area contributed by atoms with E-state index >= 15 is 0 Å². The maximum Gasteiger partial charge on any atom is 0.344 e. The molecule has 2 aliphatic heterocycles. The van der Waals surface area contributed by atoms with Crippen molar-refractivity contribution in [3.63, 3.8) is 0 Å². The maximum atomic E-state index is 12.7. The van der Waals surface area contributed by atoms with Gasteiger partial charge in [-0.15, -0.1) is 0 Å². The molecule has 9 heteroatoms. The Morgan fingerprint density at radius 3 is 2.32 bits per heavy atom. The number of rotatable bonds is 5. The van der Waals surface area contributed by atoms with Gasteiger partial charge in [0.2, 0.25) is 5.90 Å². The normalized spacial score (nSPS) is 24.5. The molecule has 0 radical (unpaired) electrons. The Morgan fingerprint density at radius 2 is 1.74 bits per heavy atom. The number of aliphatic imine (C=N–C) groups is 1. The Labute approximate surface area is 178 Å². The van der Waals surface area contributed by atoms with Crippen LogP contribution in [0.3, 0.4) is 0 Å². The quantitative estimate of drug-likeness (QED) is 0.396. The summed E-state index contributed by atoms with van der Waals surface area (Å²) in [7, 11) is 2.23. The first kappa shape index (κ1) is 21.9. The van der Waals surface area contributed by atoms with Crippen LogP contribution in [0.4, 0.5) is 0 Å². The molecular formula is C22H21NO8. The third-order valence-corrected chi connectivity index (χ3v) is 4.97. The number of benzene rings is 1. The van der Waals surface area contributed by atoms with Crippen molar-refractivity contribution in [2.75, 3.05) is 14.2 Å². The summed E-state index contributed by atoms with van der Waals surface area (Å²) in [4.78, 5) is 54.9. The number of allylic oxidation sites excluding steroid dienone is 2. The van der Waals surface area contributed by atoms with Crippen LogP contribution in [-0.4, -0.2) is 49.4 Å². The molecule has 0 amide bonds. The van der Waals surface area contributed by atoms with Crippen LogP contribution in [0.25, 0.3) is 0 Å². The highest BCUT2D eigenvalue weighted by molar-refractivity contribution is 6.25. The lowest BCUT2D eigenvalue weighted by Gasteiger charge is -2.33. The van der Waals surface area contributed by atoms with Gasteiger partial charge in [0.1, 0.15) is 16.9 Å². The van der Waals surface area contributed by atoms with E-state index in [1.165, 1.54) is 13.8 Å². The molecule has 1 aromatic rings. The molecule has 0 fully saturated rings. The topological polar surface area (TPSA) is 118 Å². The Bertz CT molecular complexity index is 1040. The fourth-order valence-electron chi connectivity index (χ4n) is 3.56. The number of cyclic esters (lactones) is 1. The molecule has 2 heterocycles. The zero-order valence-electron chi connectivity index (χ0n) is 17.5. The van der Waals surface area contributed by atoms with Gasteiger partial charge in [-0.2, -0.15) is 0 Å². The number of carbonyl (C=O) groups is 4. The first-order valence-electron chi connectivity index (χ1n) is 9.36. The highest BCUT2D eigenvalue weighted by Gasteiger charge is 2.59. The predicted molar refractivity (Wildman–Crippen MR) is 106 cm³/mol. The van der Waals surface area contributed by atoms with Crippen molar-refractivity contribution in [1.29, 1.82) is 0 Å². The third kappa shape index (κ3) is 3.98. The van der Waals surface area contributed by atoms with Crippen molar-refractivity contribution in [2.24, 2.45) is 10.9 Å². The van der Waals surface area contributed by atoms with Gasteiger partial charge in [0.15, 0.2) is 17.3 Å². The van der Waals surface area contributed by atoms with Crippen molar-refractivity contribution in [2.45, 2.75) is 26.0 Å². The highest BCUT2D eigenvalue weighted by Crippen LogP contribution is 2.43. The summed E-state index contributed by atoms with van der Waals surface area (Å²) in [5.41, 5.74) is -1.73. The molecule has 0 saturated carbocycles. The molecular weight excluding hydrogens is 406 g/mol. The first-order valence-corrected chi connectivity index (χ1v) is 9.36. The van der Waals surface area contributed by atoms with Crippen LogP contribution in [0.1, 0.15) is 19.4 Å². The summed E-state index contributed by atoms with van der Waals surface area (Å²) < 4.78 is 20.6. The summed E-state index contributed by atoms with van der Waals surface area (Å²) in [6.07, 6.45) is 1.13. The van der Waals surface area contributed by atoms with Crippen LogP contribution < -0.4 is 0 Å². The Balaban J connectivity index is 2.16. The SMILES string of the molecule is COC(=O)C1=C(C(=O)OC)C(C)(C2C(=O)C=C(C)OC2=O)OC1=NCc1ccccc1. The standard InChI is InChI=1S/C22H21NO8/c1-12-10-14(24)16(21(27)30-12)22(2)17(20(26)29-4)15(19(25)28-3)18(31-22)23-11-13-8-6-5-7-9-13/h5-10,16H,11H2,1-4H3. The second-order valence-corrected chi connectivity index (χ2v) is 7.06. The summed E-state index contributed by atoms with van der Waals surface area (Å²) in [5, 5.41) is 0. The molecule has 2 aliphatic rings. The molecule has 3 rings (SSSR count). The van der Waals surface area contributed by atoms with Gasteiger partial charge in [-0.1, -0.05) is 30.3 Å². The lowest BCUT2D eigenvalue weighted by atomic mass is 9.78. The van der Waals surface area contributed by atoms with Gasteiger partial charge >= 0.3 is 17.9 Å². The molecule has 9 nitrogen and oxygen atoms in total. The fourth-order valence-corrected chi connectivity index (χ4v) is 3.56. The third-order valence-electron chi connectivity index (χ3n) is 4.97. The smallest absolute Gasteiger partial charge is 0.344 e. The van der Waals surface area contributed by atoms with E-state index in [0.717, 1.165) is 25.9 Å². The highest BCUT2D eigenvalue weighted by atomic mass is 16.6. The Hall–Kier alpha value is -3.75. The molecule has 162 valence electrons. The number of hydrogen-bond acceptors (Lipinski definition) is 9. The zero-order chi connectivity index (χ0) is 22.8. The maximum absolute atomic E-state index is 12.7. The van der Waals surface area contributed by atoms with Crippen LogP contribution in [0, 0.1) is 5.92 Å². The molecule has 0 aromatic heterocycles. The lowest BCUT2D eigenvalue weighted by Crippen LogP contribution is -2.49. The zero-order valence-corrected chi connectivity index (χ0v) is 17.5. The predicted octanol–water partition coefficient (Wildman–Crippen LogP) is 1.66. The van der Waals surface area contributed by atoms with E-state index in [4.69, 9.17) is 18.9 Å². The fraction of sp³-hybridized carbons (Fsp3) is 0.318. The largest absolute Gasteiger partial charge is 0.466 e. The molecule has 0 N–H and O–H groups in total. The minimum Gasteiger partial charge on any atom is -0.466 e. The average molecular weight is 427 g/mol. The summed E-state index contributed by atoms with van der Waals surface area (Å²) >= 11 is 0. The van der Waals surface area contributed by atoms with Gasteiger partial charge < -0.3 is 18.9 Å². The van der Waals surface area contributed by atoms with Crippen LogP contribution in [-0.2, 0) is 44.7 Å². The van der Waals surface area contributed by atoms with Gasteiger partial charge in [-0.3, -0.25) is 9.59 Å². The van der Waals surface area contributed by atoms with Crippen LogP contribution >= 0.6 is 0 Å². The molecule has 2 unspecified atom stereocenters. The molecule has 0 bridgehead atoms. The number of ether oxygens (including phenoxy) is 4. The van der Waals surface area contributed by atoms with E-state index in [2.05, 4.69) is 4.99 Å². The number of nitrogens with zero attached hydrogens (tertiary/aromatic N) is 1. The van der Waals surface area contributed by atoms with Gasteiger partial charge in [-0.05, 0) is 19.4 Å². The van der Waals surface area contributed by atoms with Crippen molar-refractivity contribution in [3.8, 4) is 0 Å². The molecule has 31 heavy (non-hydrogen) atoms. The van der Waals surface area contributed by atoms with Crippen LogP contribution in [0.2, 0.25) is 0 Å². The van der Waals surface area contributed by atoms with E-state index in [-0.39, 0.29) is 29.3 Å². The van der Waals surface area contributed by atoms with E-state index < -0.39 is 35.2 Å². The molecule has 0 saturated heterocycles. The number of methoxy groups -OCH3 is 2. The minimum atomic E-state index is -1.89. The van der Waals surface area contributed by atoms with E-state index in [1.807, 2.05) is 30.3 Å². The minimum absolute atomic E-state index is 0.114. The van der Waals surface area contributed by atoms with Gasteiger partial charge in [0.05, 0.1) is 20.8 Å². The van der Waals surface area contributed by atoms with Gasteiger partial charge in [0, 0.05) is 6.08 Å². The number of hydrogen-bond donors (Lipinski definition) is 0. The Morgan fingerprint density at radius 1 is 1.10 bits per heavy atom. The van der Waals surface area contributed by atoms with Gasteiger partial charge in [0.25, 0.3) is 0 Å². The molecule has 2 atom stereocenters. The number of carbonyl (C=O) groups excluding carboxylic acids is 4. The lowest BCUT2D eigenvalue weighted by molar-refractivity contribution is -0.157. The monoisotopic (exact) mass is 427 g/mol. The second kappa shape index (κ2) is 8.55. The van der Waals surface area contributed by atoms with Crippen molar-refractivity contribution >= 4 is 29.6 Å².